The highest BCUT2D eigenvalue weighted by Gasteiger charge is 2.33. The quantitative estimate of drug-likeness (QED) is 0.542. The second-order valence-electron chi connectivity index (χ2n) is 4.51. The van der Waals surface area contributed by atoms with Crippen molar-refractivity contribution in [3.63, 3.8) is 0 Å². The summed E-state index contributed by atoms with van der Waals surface area (Å²) in [6.45, 7) is 5.49. The van der Waals surface area contributed by atoms with E-state index in [0.717, 1.165) is 6.42 Å². The first-order chi connectivity index (χ1) is 7.31. The molecule has 3 N–H and O–H groups in total. The largest absolute Gasteiger partial charge is 0.467 e. The maximum atomic E-state index is 11.2. The number of esters is 1. The number of aliphatic hydroxyl groups is 2. The van der Waals surface area contributed by atoms with Crippen LogP contribution in [0.25, 0.3) is 0 Å². The van der Waals surface area contributed by atoms with Gasteiger partial charge in [0.15, 0.2) is 5.60 Å². The lowest BCUT2D eigenvalue weighted by Gasteiger charge is -2.32. The Morgan fingerprint density at radius 3 is 2.38 bits per heavy atom. The Kier molecular flexibility index (Phi) is 5.92. The van der Waals surface area contributed by atoms with E-state index >= 15 is 0 Å². The van der Waals surface area contributed by atoms with Crippen molar-refractivity contribution in [2.24, 2.45) is 0 Å². The fourth-order valence-corrected chi connectivity index (χ4v) is 1.31. The zero-order chi connectivity index (χ0) is 12.8. The SMILES string of the molecule is CCC(C)(CCO)NCC(C)(O)C(=O)OC. The van der Waals surface area contributed by atoms with Crippen molar-refractivity contribution in [3.8, 4) is 0 Å². The van der Waals surface area contributed by atoms with Gasteiger partial charge in [0.1, 0.15) is 0 Å². The maximum Gasteiger partial charge on any atom is 0.338 e. The van der Waals surface area contributed by atoms with Gasteiger partial charge in [0.05, 0.1) is 7.11 Å². The van der Waals surface area contributed by atoms with Crippen LogP contribution in [0.4, 0.5) is 0 Å². The van der Waals surface area contributed by atoms with E-state index in [1.807, 2.05) is 13.8 Å². The van der Waals surface area contributed by atoms with E-state index in [0.29, 0.717) is 6.42 Å². The number of β-amino-alcohol motifs (C(OH)–C–C–N with tert-alkyl or cyclic N) is 1. The summed E-state index contributed by atoms with van der Waals surface area (Å²) in [6.07, 6.45) is 1.37. The van der Waals surface area contributed by atoms with Gasteiger partial charge in [-0.15, -0.1) is 0 Å². The third-order valence-electron chi connectivity index (χ3n) is 2.93. The second-order valence-corrected chi connectivity index (χ2v) is 4.51. The first-order valence-electron chi connectivity index (χ1n) is 5.48. The molecule has 0 aliphatic rings. The first-order valence-corrected chi connectivity index (χ1v) is 5.48. The van der Waals surface area contributed by atoms with Crippen LogP contribution in [0, 0.1) is 0 Å². The van der Waals surface area contributed by atoms with Crippen LogP contribution >= 0.6 is 0 Å². The number of methoxy groups -OCH3 is 1. The Morgan fingerprint density at radius 1 is 1.44 bits per heavy atom. The van der Waals surface area contributed by atoms with E-state index in [9.17, 15) is 9.90 Å². The molecule has 96 valence electrons. The molecule has 16 heavy (non-hydrogen) atoms. The molecular weight excluding hydrogens is 210 g/mol. The van der Waals surface area contributed by atoms with Crippen LogP contribution in [0.15, 0.2) is 0 Å². The van der Waals surface area contributed by atoms with E-state index in [4.69, 9.17) is 5.11 Å². The zero-order valence-corrected chi connectivity index (χ0v) is 10.5. The molecule has 0 aliphatic heterocycles. The van der Waals surface area contributed by atoms with Crippen molar-refractivity contribution in [2.75, 3.05) is 20.3 Å². The third kappa shape index (κ3) is 4.47. The number of hydrogen-bond acceptors (Lipinski definition) is 5. The minimum atomic E-state index is -1.54. The molecule has 2 unspecified atom stereocenters. The van der Waals surface area contributed by atoms with Crippen LogP contribution in [-0.2, 0) is 9.53 Å². The smallest absolute Gasteiger partial charge is 0.338 e. The van der Waals surface area contributed by atoms with Gasteiger partial charge in [-0.05, 0) is 26.7 Å². The average Bonchev–Trinajstić information content (AvgIpc) is 2.26. The number of rotatable bonds is 7. The first kappa shape index (κ1) is 15.3. The summed E-state index contributed by atoms with van der Waals surface area (Å²) in [5.74, 6) is -0.664. The Hall–Kier alpha value is -0.650. The van der Waals surface area contributed by atoms with Gasteiger partial charge >= 0.3 is 5.97 Å². The van der Waals surface area contributed by atoms with E-state index in [1.165, 1.54) is 14.0 Å². The Bertz CT molecular complexity index is 230. The molecule has 0 saturated carbocycles. The lowest BCUT2D eigenvalue weighted by molar-refractivity contribution is -0.160. The standard InChI is InChI=1S/C11H23NO4/c1-5-10(2,6-7-13)12-8-11(3,15)9(14)16-4/h12-13,15H,5-8H2,1-4H3. The molecular formula is C11H23NO4. The molecule has 0 amide bonds. The fourth-order valence-electron chi connectivity index (χ4n) is 1.31. The van der Waals surface area contributed by atoms with Gasteiger partial charge in [0, 0.05) is 18.7 Å². The number of carbonyl (C=O) groups is 1. The van der Waals surface area contributed by atoms with E-state index in [2.05, 4.69) is 10.1 Å². The highest BCUT2D eigenvalue weighted by Crippen LogP contribution is 2.15. The number of ether oxygens (including phenoxy) is 1. The molecule has 0 aromatic carbocycles. The molecule has 0 rings (SSSR count). The lowest BCUT2D eigenvalue weighted by atomic mass is 9.93. The zero-order valence-electron chi connectivity index (χ0n) is 10.5. The van der Waals surface area contributed by atoms with Crippen molar-refractivity contribution < 1.29 is 19.7 Å². The predicted octanol–water partition coefficient (Wildman–Crippen LogP) is 0.0511. The van der Waals surface area contributed by atoms with Crippen LogP contribution in [0.3, 0.4) is 0 Å². The minimum absolute atomic E-state index is 0.0672. The summed E-state index contributed by atoms with van der Waals surface area (Å²) in [7, 11) is 1.24. The highest BCUT2D eigenvalue weighted by atomic mass is 16.5. The molecule has 0 aliphatic carbocycles. The summed E-state index contributed by atoms with van der Waals surface area (Å²) < 4.78 is 4.50. The average molecular weight is 233 g/mol. The summed E-state index contributed by atoms with van der Waals surface area (Å²) in [5, 5.41) is 21.8. The predicted molar refractivity (Wildman–Crippen MR) is 61.0 cm³/mol. The lowest BCUT2D eigenvalue weighted by Crippen LogP contribution is -2.53. The van der Waals surface area contributed by atoms with Gasteiger partial charge in [-0.2, -0.15) is 0 Å². The number of nitrogens with one attached hydrogen (secondary N) is 1. The van der Waals surface area contributed by atoms with Crippen molar-refractivity contribution in [1.29, 1.82) is 0 Å². The number of carbonyl (C=O) groups excluding carboxylic acids is 1. The summed E-state index contributed by atoms with van der Waals surface area (Å²) >= 11 is 0. The Balaban J connectivity index is 4.35. The molecule has 0 radical (unpaired) electrons. The van der Waals surface area contributed by atoms with Gasteiger partial charge in [-0.3, -0.25) is 0 Å². The van der Waals surface area contributed by atoms with Crippen molar-refractivity contribution in [3.05, 3.63) is 0 Å². The maximum absolute atomic E-state index is 11.2. The van der Waals surface area contributed by atoms with Crippen LogP contribution < -0.4 is 5.32 Å². The summed E-state index contributed by atoms with van der Waals surface area (Å²) in [4.78, 5) is 11.2. The molecule has 0 saturated heterocycles. The molecule has 0 fully saturated rings. The van der Waals surface area contributed by atoms with Crippen molar-refractivity contribution in [1.82, 2.24) is 5.32 Å². The van der Waals surface area contributed by atoms with Gasteiger partial charge in [0.25, 0.3) is 0 Å². The van der Waals surface area contributed by atoms with E-state index < -0.39 is 11.6 Å². The van der Waals surface area contributed by atoms with Gasteiger partial charge in [0.2, 0.25) is 0 Å². The van der Waals surface area contributed by atoms with E-state index in [1.54, 1.807) is 0 Å². The van der Waals surface area contributed by atoms with Gasteiger partial charge < -0.3 is 20.3 Å². The monoisotopic (exact) mass is 233 g/mol. The molecule has 0 aromatic rings. The van der Waals surface area contributed by atoms with Gasteiger partial charge in [-0.1, -0.05) is 6.92 Å². The molecule has 5 heteroatoms. The van der Waals surface area contributed by atoms with Crippen molar-refractivity contribution >= 4 is 5.97 Å². The van der Waals surface area contributed by atoms with Gasteiger partial charge in [-0.25, -0.2) is 4.79 Å². The molecule has 5 nitrogen and oxygen atoms in total. The van der Waals surface area contributed by atoms with Crippen LogP contribution in [-0.4, -0.2) is 47.6 Å². The minimum Gasteiger partial charge on any atom is -0.467 e. The highest BCUT2D eigenvalue weighted by molar-refractivity contribution is 5.78. The van der Waals surface area contributed by atoms with Crippen LogP contribution in [0.2, 0.25) is 0 Å². The number of hydrogen-bond donors (Lipinski definition) is 3. The summed E-state index contributed by atoms with van der Waals surface area (Å²) in [6, 6.07) is 0. The van der Waals surface area contributed by atoms with Crippen LogP contribution in [0.1, 0.15) is 33.6 Å². The third-order valence-corrected chi connectivity index (χ3v) is 2.93. The Morgan fingerprint density at radius 2 is 2.00 bits per heavy atom. The fraction of sp³-hybridized carbons (Fsp3) is 0.909. The molecule has 0 aromatic heterocycles. The molecule has 0 bridgehead atoms. The summed E-state index contributed by atoms with van der Waals surface area (Å²) in [5.41, 5.74) is -1.83. The normalized spacial score (nSPS) is 18.6. The molecule has 2 atom stereocenters. The Labute approximate surface area is 96.8 Å². The van der Waals surface area contributed by atoms with Crippen LogP contribution in [0.5, 0.6) is 0 Å². The number of aliphatic hydroxyl groups excluding tert-OH is 1. The topological polar surface area (TPSA) is 78.8 Å². The molecule has 0 spiro atoms. The second kappa shape index (κ2) is 6.18. The van der Waals surface area contributed by atoms with E-state index in [-0.39, 0.29) is 18.7 Å². The molecule has 0 heterocycles. The van der Waals surface area contributed by atoms with Crippen molar-refractivity contribution in [2.45, 2.75) is 44.8 Å².